The minimum absolute atomic E-state index is 0.130. The van der Waals surface area contributed by atoms with Crippen LogP contribution in [0.1, 0.15) is 21.5 Å². The lowest BCUT2D eigenvalue weighted by atomic mass is 10.1. The van der Waals surface area contributed by atoms with Gasteiger partial charge in [-0.25, -0.2) is 8.42 Å². The van der Waals surface area contributed by atoms with E-state index in [1.165, 1.54) is 18.2 Å². The maximum atomic E-state index is 12.4. The molecule has 0 saturated carbocycles. The average Bonchev–Trinajstić information content (AvgIpc) is 2.41. The van der Waals surface area contributed by atoms with Gasteiger partial charge in [-0.15, -0.1) is 0 Å². The molecule has 0 heterocycles. The van der Waals surface area contributed by atoms with E-state index in [1.807, 2.05) is 13.8 Å². The highest BCUT2D eigenvalue weighted by Gasteiger charge is 2.17. The fourth-order valence-electron chi connectivity index (χ4n) is 1.87. The van der Waals surface area contributed by atoms with Crippen molar-refractivity contribution in [3.8, 4) is 0 Å². The van der Waals surface area contributed by atoms with E-state index in [2.05, 4.69) is 4.72 Å². The maximum Gasteiger partial charge on any atom is 0.261 e. The number of benzene rings is 2. The number of nitrogens with two attached hydrogens (primary N) is 1. The molecule has 0 fully saturated rings. The fraction of sp³-hybridized carbons (Fsp3) is 0.133. The Morgan fingerprint density at radius 1 is 1.05 bits per heavy atom. The van der Waals surface area contributed by atoms with Crippen molar-refractivity contribution in [1.82, 2.24) is 0 Å². The first-order valence-electron chi connectivity index (χ1n) is 6.30. The molecule has 0 atom stereocenters. The molecular formula is C15H16N2O3S. The highest BCUT2D eigenvalue weighted by Crippen LogP contribution is 2.21. The van der Waals surface area contributed by atoms with Crippen molar-refractivity contribution in [1.29, 1.82) is 0 Å². The molecule has 0 aliphatic heterocycles. The zero-order chi connectivity index (χ0) is 15.6. The molecule has 3 N–H and O–H groups in total. The van der Waals surface area contributed by atoms with Crippen molar-refractivity contribution in [2.45, 2.75) is 18.7 Å². The number of rotatable bonds is 4. The number of primary amides is 1. The van der Waals surface area contributed by atoms with Crippen LogP contribution in [0.15, 0.2) is 47.4 Å². The van der Waals surface area contributed by atoms with Crippen molar-refractivity contribution >= 4 is 21.6 Å². The van der Waals surface area contributed by atoms with Crippen LogP contribution >= 0.6 is 0 Å². The highest BCUT2D eigenvalue weighted by molar-refractivity contribution is 7.92. The molecule has 0 aliphatic carbocycles. The van der Waals surface area contributed by atoms with Gasteiger partial charge in [0.25, 0.3) is 15.9 Å². The normalized spacial score (nSPS) is 11.1. The number of carbonyl (C=O) groups excluding carboxylic acids is 1. The number of carbonyl (C=O) groups is 1. The van der Waals surface area contributed by atoms with Crippen LogP contribution in [0.3, 0.4) is 0 Å². The quantitative estimate of drug-likeness (QED) is 0.907. The smallest absolute Gasteiger partial charge is 0.261 e. The van der Waals surface area contributed by atoms with E-state index < -0.39 is 15.9 Å². The van der Waals surface area contributed by atoms with Crippen LogP contribution in [-0.4, -0.2) is 14.3 Å². The maximum absolute atomic E-state index is 12.4. The number of aryl methyl sites for hydroxylation is 2. The van der Waals surface area contributed by atoms with E-state index in [0.29, 0.717) is 0 Å². The highest BCUT2D eigenvalue weighted by atomic mass is 32.2. The summed E-state index contributed by atoms with van der Waals surface area (Å²) in [6.07, 6.45) is 0. The van der Waals surface area contributed by atoms with Gasteiger partial charge < -0.3 is 5.73 Å². The minimum atomic E-state index is -3.77. The molecule has 1 amide bonds. The summed E-state index contributed by atoms with van der Waals surface area (Å²) in [7, 11) is -3.77. The second-order valence-corrected chi connectivity index (χ2v) is 6.44. The van der Waals surface area contributed by atoms with E-state index in [9.17, 15) is 13.2 Å². The first-order valence-corrected chi connectivity index (χ1v) is 7.78. The third kappa shape index (κ3) is 3.22. The first kappa shape index (κ1) is 15.1. The second-order valence-electron chi connectivity index (χ2n) is 4.76. The molecule has 110 valence electrons. The Labute approximate surface area is 123 Å². The summed E-state index contributed by atoms with van der Waals surface area (Å²) >= 11 is 0. The van der Waals surface area contributed by atoms with Gasteiger partial charge in [-0.3, -0.25) is 9.52 Å². The lowest BCUT2D eigenvalue weighted by Crippen LogP contribution is -2.18. The largest absolute Gasteiger partial charge is 0.366 e. The topological polar surface area (TPSA) is 89.3 Å². The zero-order valence-electron chi connectivity index (χ0n) is 11.8. The molecule has 5 nitrogen and oxygen atoms in total. The fourth-order valence-corrected chi connectivity index (χ4v) is 3.04. The van der Waals surface area contributed by atoms with E-state index in [-0.39, 0.29) is 16.1 Å². The Morgan fingerprint density at radius 2 is 1.71 bits per heavy atom. The molecule has 2 aromatic carbocycles. The monoisotopic (exact) mass is 304 g/mol. The van der Waals surface area contributed by atoms with Gasteiger partial charge in [0.05, 0.1) is 16.1 Å². The number of anilines is 1. The van der Waals surface area contributed by atoms with Crippen LogP contribution in [0.4, 0.5) is 5.69 Å². The number of amides is 1. The number of para-hydroxylation sites is 1. The van der Waals surface area contributed by atoms with Gasteiger partial charge in [0, 0.05) is 0 Å². The van der Waals surface area contributed by atoms with Crippen molar-refractivity contribution in [3.63, 3.8) is 0 Å². The first-order chi connectivity index (χ1) is 9.81. The van der Waals surface area contributed by atoms with Crippen LogP contribution in [0.25, 0.3) is 0 Å². The molecular weight excluding hydrogens is 288 g/mol. The summed E-state index contributed by atoms with van der Waals surface area (Å²) in [4.78, 5) is 11.5. The molecule has 2 aromatic rings. The van der Waals surface area contributed by atoms with E-state index in [0.717, 1.165) is 11.1 Å². The number of nitrogens with one attached hydrogen (secondary N) is 1. The van der Waals surface area contributed by atoms with Crippen LogP contribution < -0.4 is 10.5 Å². The molecule has 6 heteroatoms. The summed E-state index contributed by atoms with van der Waals surface area (Å²) in [6, 6.07) is 11.1. The third-order valence-corrected chi connectivity index (χ3v) is 4.59. The van der Waals surface area contributed by atoms with Crippen LogP contribution in [0.2, 0.25) is 0 Å². The SMILES string of the molecule is Cc1ccc(S(=O)(=O)Nc2ccccc2C(N)=O)cc1C. The van der Waals surface area contributed by atoms with Gasteiger partial charge in [-0.1, -0.05) is 18.2 Å². The van der Waals surface area contributed by atoms with Crippen LogP contribution in [-0.2, 0) is 10.0 Å². The van der Waals surface area contributed by atoms with Crippen LogP contribution in [0.5, 0.6) is 0 Å². The Hall–Kier alpha value is -2.34. The average molecular weight is 304 g/mol. The summed E-state index contributed by atoms with van der Waals surface area (Å²) in [6.45, 7) is 3.74. The Balaban J connectivity index is 2.42. The molecule has 0 aliphatic rings. The Kier molecular flexibility index (Phi) is 3.99. The van der Waals surface area contributed by atoms with E-state index in [1.54, 1.807) is 24.3 Å². The lowest BCUT2D eigenvalue weighted by molar-refractivity contribution is 0.100. The van der Waals surface area contributed by atoms with Crippen molar-refractivity contribution in [2.75, 3.05) is 4.72 Å². The standard InChI is InChI=1S/C15H16N2O3S/c1-10-7-8-12(9-11(10)2)21(19,20)17-14-6-4-3-5-13(14)15(16)18/h3-9,17H,1-2H3,(H2,16,18). The molecule has 21 heavy (non-hydrogen) atoms. The number of hydrogen-bond donors (Lipinski definition) is 2. The van der Waals surface area contributed by atoms with Crippen LogP contribution in [0, 0.1) is 13.8 Å². The molecule has 2 rings (SSSR count). The van der Waals surface area contributed by atoms with E-state index >= 15 is 0 Å². The van der Waals surface area contributed by atoms with Gasteiger partial charge in [0.2, 0.25) is 0 Å². The minimum Gasteiger partial charge on any atom is -0.366 e. The predicted octanol–water partition coefficient (Wildman–Crippen LogP) is 2.20. The second kappa shape index (κ2) is 5.57. The molecule has 0 aromatic heterocycles. The molecule has 0 bridgehead atoms. The van der Waals surface area contributed by atoms with E-state index in [4.69, 9.17) is 5.73 Å². The Bertz CT molecular complexity index is 798. The summed E-state index contributed by atoms with van der Waals surface area (Å²) in [5, 5.41) is 0. The third-order valence-electron chi connectivity index (χ3n) is 3.23. The van der Waals surface area contributed by atoms with Gasteiger partial charge in [0.15, 0.2) is 0 Å². The van der Waals surface area contributed by atoms with Gasteiger partial charge >= 0.3 is 0 Å². The van der Waals surface area contributed by atoms with Crippen molar-refractivity contribution in [3.05, 3.63) is 59.2 Å². The summed E-state index contributed by atoms with van der Waals surface area (Å²) in [5.74, 6) is -0.687. The summed E-state index contributed by atoms with van der Waals surface area (Å²) in [5.41, 5.74) is 7.42. The predicted molar refractivity (Wildman–Crippen MR) is 81.7 cm³/mol. The Morgan fingerprint density at radius 3 is 2.33 bits per heavy atom. The molecule has 0 spiro atoms. The number of sulfonamides is 1. The number of hydrogen-bond acceptors (Lipinski definition) is 3. The zero-order valence-corrected chi connectivity index (χ0v) is 12.6. The lowest BCUT2D eigenvalue weighted by Gasteiger charge is -2.12. The van der Waals surface area contributed by atoms with Crippen molar-refractivity contribution in [2.24, 2.45) is 5.73 Å². The van der Waals surface area contributed by atoms with Gasteiger partial charge in [-0.2, -0.15) is 0 Å². The van der Waals surface area contributed by atoms with Crippen molar-refractivity contribution < 1.29 is 13.2 Å². The molecule has 0 unspecified atom stereocenters. The summed E-state index contributed by atoms with van der Waals surface area (Å²) < 4.78 is 27.2. The molecule has 0 saturated heterocycles. The molecule has 0 radical (unpaired) electrons. The van der Waals surface area contributed by atoms with Gasteiger partial charge in [0.1, 0.15) is 0 Å². The van der Waals surface area contributed by atoms with Gasteiger partial charge in [-0.05, 0) is 49.2 Å².